The summed E-state index contributed by atoms with van der Waals surface area (Å²) in [6.45, 7) is 1.31. The zero-order chi connectivity index (χ0) is 12.4. The standard InChI is InChI=1S/C15H23NO2/c17-10-14-5-11-4-12(6-14)8-15(7-11,9-14)16-3-1-2-13(16)18/h11-12,17H,1-10H2/t11-,12-,14?,15?/m0/s1. The van der Waals surface area contributed by atoms with E-state index in [1.165, 1.54) is 32.1 Å². The summed E-state index contributed by atoms with van der Waals surface area (Å²) in [4.78, 5) is 14.4. The van der Waals surface area contributed by atoms with Crippen LogP contribution in [0.15, 0.2) is 0 Å². The van der Waals surface area contributed by atoms with E-state index in [0.717, 1.165) is 37.6 Å². The lowest BCUT2D eigenvalue weighted by atomic mass is 9.46. The zero-order valence-corrected chi connectivity index (χ0v) is 11.0. The number of amides is 1. The Balaban J connectivity index is 1.71. The molecule has 5 rings (SSSR count). The Kier molecular flexibility index (Phi) is 2.19. The first kappa shape index (κ1) is 11.3. The fourth-order valence-electron chi connectivity index (χ4n) is 6.05. The maximum atomic E-state index is 12.1. The van der Waals surface area contributed by atoms with Crippen LogP contribution in [0.1, 0.15) is 51.4 Å². The van der Waals surface area contributed by atoms with Crippen LogP contribution >= 0.6 is 0 Å². The van der Waals surface area contributed by atoms with E-state index in [-0.39, 0.29) is 11.0 Å². The smallest absolute Gasteiger partial charge is 0.223 e. The molecule has 0 aromatic carbocycles. The highest BCUT2D eigenvalue weighted by molar-refractivity contribution is 5.79. The van der Waals surface area contributed by atoms with Crippen molar-refractivity contribution >= 4 is 5.91 Å². The molecule has 4 aliphatic carbocycles. The van der Waals surface area contributed by atoms with Crippen LogP contribution in [-0.4, -0.2) is 34.6 Å². The van der Waals surface area contributed by atoms with Crippen LogP contribution in [0.4, 0.5) is 0 Å². The lowest BCUT2D eigenvalue weighted by Gasteiger charge is -2.64. The van der Waals surface area contributed by atoms with E-state index in [1.54, 1.807) is 0 Å². The van der Waals surface area contributed by atoms with Crippen LogP contribution in [0.3, 0.4) is 0 Å². The molecule has 3 nitrogen and oxygen atoms in total. The van der Waals surface area contributed by atoms with Gasteiger partial charge < -0.3 is 10.0 Å². The van der Waals surface area contributed by atoms with E-state index in [2.05, 4.69) is 4.90 Å². The molecule has 0 aromatic rings. The molecule has 0 aromatic heterocycles. The molecule has 1 aliphatic heterocycles. The minimum Gasteiger partial charge on any atom is -0.396 e. The normalized spacial score (nSPS) is 50.3. The Morgan fingerprint density at radius 1 is 1.22 bits per heavy atom. The van der Waals surface area contributed by atoms with Gasteiger partial charge >= 0.3 is 0 Å². The molecule has 1 N–H and O–H groups in total. The quantitative estimate of drug-likeness (QED) is 0.812. The molecule has 5 aliphatic rings. The summed E-state index contributed by atoms with van der Waals surface area (Å²) < 4.78 is 0. The number of carbonyl (C=O) groups excluding carboxylic acids is 1. The lowest BCUT2D eigenvalue weighted by molar-refractivity contribution is -0.162. The minimum absolute atomic E-state index is 0.139. The summed E-state index contributed by atoms with van der Waals surface area (Å²) in [7, 11) is 0. The van der Waals surface area contributed by atoms with E-state index in [1.807, 2.05) is 0 Å². The predicted octanol–water partition coefficient (Wildman–Crippen LogP) is 1.94. The van der Waals surface area contributed by atoms with Gasteiger partial charge in [-0.05, 0) is 62.2 Å². The van der Waals surface area contributed by atoms with Gasteiger partial charge in [-0.1, -0.05) is 0 Å². The van der Waals surface area contributed by atoms with Gasteiger partial charge in [0.1, 0.15) is 0 Å². The van der Waals surface area contributed by atoms with Gasteiger partial charge in [0, 0.05) is 25.1 Å². The number of hydrogen-bond acceptors (Lipinski definition) is 2. The lowest BCUT2D eigenvalue weighted by Crippen LogP contribution is -2.64. The van der Waals surface area contributed by atoms with Crippen LogP contribution in [0.5, 0.6) is 0 Å². The summed E-state index contributed by atoms with van der Waals surface area (Å²) in [6.07, 6.45) is 9.09. The number of rotatable bonds is 2. The Morgan fingerprint density at radius 2 is 1.94 bits per heavy atom. The summed E-state index contributed by atoms with van der Waals surface area (Å²) >= 11 is 0. The SMILES string of the molecule is O=C1CCCN1C12C[C@H]3C[C@@H](CC(CO)(C3)C1)C2. The van der Waals surface area contributed by atoms with Crippen molar-refractivity contribution in [1.29, 1.82) is 0 Å². The van der Waals surface area contributed by atoms with Crippen molar-refractivity contribution < 1.29 is 9.90 Å². The van der Waals surface area contributed by atoms with E-state index < -0.39 is 0 Å². The molecule has 100 valence electrons. The molecular weight excluding hydrogens is 226 g/mol. The number of aliphatic hydroxyl groups excluding tert-OH is 1. The van der Waals surface area contributed by atoms with Crippen LogP contribution in [0.2, 0.25) is 0 Å². The van der Waals surface area contributed by atoms with E-state index in [4.69, 9.17) is 0 Å². The van der Waals surface area contributed by atoms with Gasteiger partial charge in [0.05, 0.1) is 0 Å². The summed E-state index contributed by atoms with van der Waals surface area (Å²) in [6, 6.07) is 0. The zero-order valence-electron chi connectivity index (χ0n) is 11.0. The molecule has 18 heavy (non-hydrogen) atoms. The first-order valence-electron chi connectivity index (χ1n) is 7.56. The first-order chi connectivity index (χ1) is 8.65. The second-order valence-corrected chi connectivity index (χ2v) is 7.49. The van der Waals surface area contributed by atoms with Crippen molar-refractivity contribution in [1.82, 2.24) is 4.90 Å². The van der Waals surface area contributed by atoms with Crippen LogP contribution in [0.25, 0.3) is 0 Å². The fraction of sp³-hybridized carbons (Fsp3) is 0.933. The van der Waals surface area contributed by atoms with Crippen molar-refractivity contribution in [3.63, 3.8) is 0 Å². The van der Waals surface area contributed by atoms with Crippen molar-refractivity contribution in [2.24, 2.45) is 17.3 Å². The highest BCUT2D eigenvalue weighted by atomic mass is 16.3. The second kappa shape index (κ2) is 3.50. The number of nitrogens with zero attached hydrogens (tertiary/aromatic N) is 1. The van der Waals surface area contributed by atoms with Crippen LogP contribution in [0, 0.1) is 17.3 Å². The van der Waals surface area contributed by atoms with Crippen molar-refractivity contribution in [3.8, 4) is 0 Å². The third kappa shape index (κ3) is 1.37. The monoisotopic (exact) mass is 249 g/mol. The average molecular weight is 249 g/mol. The molecule has 4 bridgehead atoms. The molecule has 1 saturated heterocycles. The van der Waals surface area contributed by atoms with Crippen LogP contribution in [-0.2, 0) is 4.79 Å². The molecule has 1 heterocycles. The molecular formula is C15H23NO2. The highest BCUT2D eigenvalue weighted by Gasteiger charge is 2.60. The molecule has 0 radical (unpaired) electrons. The predicted molar refractivity (Wildman–Crippen MR) is 67.9 cm³/mol. The third-order valence-corrected chi connectivity index (χ3v) is 6.13. The Labute approximate surface area is 109 Å². The highest BCUT2D eigenvalue weighted by Crippen LogP contribution is 2.63. The fourth-order valence-corrected chi connectivity index (χ4v) is 6.05. The van der Waals surface area contributed by atoms with Crippen molar-refractivity contribution in [2.75, 3.05) is 13.2 Å². The molecule has 0 unspecified atom stereocenters. The molecule has 0 spiro atoms. The van der Waals surface area contributed by atoms with Gasteiger partial charge in [0.15, 0.2) is 0 Å². The minimum atomic E-state index is 0.139. The van der Waals surface area contributed by atoms with Gasteiger partial charge in [-0.2, -0.15) is 0 Å². The summed E-state index contributed by atoms with van der Waals surface area (Å²) in [5, 5.41) is 9.85. The average Bonchev–Trinajstić information content (AvgIpc) is 2.74. The molecule has 4 saturated carbocycles. The largest absolute Gasteiger partial charge is 0.396 e. The van der Waals surface area contributed by atoms with Gasteiger partial charge in [0.25, 0.3) is 0 Å². The van der Waals surface area contributed by atoms with Gasteiger partial charge in [-0.3, -0.25) is 4.79 Å². The Hall–Kier alpha value is -0.570. The number of hydrogen-bond donors (Lipinski definition) is 1. The maximum absolute atomic E-state index is 12.1. The topological polar surface area (TPSA) is 40.5 Å². The number of carbonyl (C=O) groups is 1. The van der Waals surface area contributed by atoms with Gasteiger partial charge in [0.2, 0.25) is 5.91 Å². The van der Waals surface area contributed by atoms with E-state index in [9.17, 15) is 9.90 Å². The van der Waals surface area contributed by atoms with E-state index in [0.29, 0.717) is 12.5 Å². The molecule has 5 fully saturated rings. The molecule has 3 heteroatoms. The van der Waals surface area contributed by atoms with Gasteiger partial charge in [-0.25, -0.2) is 0 Å². The Morgan fingerprint density at radius 3 is 2.50 bits per heavy atom. The van der Waals surface area contributed by atoms with E-state index >= 15 is 0 Å². The number of aliphatic hydroxyl groups is 1. The summed E-state index contributed by atoms with van der Waals surface area (Å²) in [5.41, 5.74) is 0.299. The first-order valence-corrected chi connectivity index (χ1v) is 7.56. The van der Waals surface area contributed by atoms with Gasteiger partial charge in [-0.15, -0.1) is 0 Å². The second-order valence-electron chi connectivity index (χ2n) is 7.49. The third-order valence-electron chi connectivity index (χ3n) is 6.13. The number of likely N-dealkylation sites (tertiary alicyclic amines) is 1. The maximum Gasteiger partial charge on any atom is 0.223 e. The molecule has 2 atom stereocenters. The molecule has 1 amide bonds. The Bertz CT molecular complexity index is 378. The van der Waals surface area contributed by atoms with Crippen LogP contribution < -0.4 is 0 Å². The van der Waals surface area contributed by atoms with Crippen molar-refractivity contribution in [2.45, 2.75) is 56.9 Å². The summed E-state index contributed by atoms with van der Waals surface area (Å²) in [5.74, 6) is 1.92. The van der Waals surface area contributed by atoms with Crippen molar-refractivity contribution in [3.05, 3.63) is 0 Å².